The topological polar surface area (TPSA) is 101 Å². The molecule has 1 aromatic carbocycles. The van der Waals surface area contributed by atoms with E-state index in [9.17, 15) is 21.6 Å². The number of carbonyl (C=O) groups is 1. The molecule has 158 valence electrons. The van der Waals surface area contributed by atoms with E-state index in [0.29, 0.717) is 30.8 Å². The molecule has 0 fully saturated rings. The smallest absolute Gasteiger partial charge is 0.338 e. The predicted octanol–water partition coefficient (Wildman–Crippen LogP) is 2.32. The van der Waals surface area contributed by atoms with Crippen LogP contribution in [0.1, 0.15) is 29.8 Å². The van der Waals surface area contributed by atoms with Crippen LogP contribution < -0.4 is 4.31 Å². The van der Waals surface area contributed by atoms with Crippen molar-refractivity contribution in [1.82, 2.24) is 4.31 Å². The minimum Gasteiger partial charge on any atom is -0.465 e. The van der Waals surface area contributed by atoms with Crippen molar-refractivity contribution in [3.63, 3.8) is 0 Å². The largest absolute Gasteiger partial charge is 0.465 e. The van der Waals surface area contributed by atoms with Gasteiger partial charge in [0.1, 0.15) is 4.21 Å². The number of sulfonamides is 2. The van der Waals surface area contributed by atoms with Crippen molar-refractivity contribution in [1.29, 1.82) is 0 Å². The van der Waals surface area contributed by atoms with E-state index in [1.54, 1.807) is 19.9 Å². The van der Waals surface area contributed by atoms with Gasteiger partial charge in [-0.25, -0.2) is 21.6 Å². The van der Waals surface area contributed by atoms with Crippen LogP contribution >= 0.6 is 11.3 Å². The highest BCUT2D eigenvalue weighted by Crippen LogP contribution is 2.36. The summed E-state index contributed by atoms with van der Waals surface area (Å²) in [5.74, 6) is -0.601. The lowest BCUT2D eigenvalue weighted by molar-refractivity contribution is 0.0601. The maximum absolute atomic E-state index is 13.1. The summed E-state index contributed by atoms with van der Waals surface area (Å²) < 4.78 is 58.9. The summed E-state index contributed by atoms with van der Waals surface area (Å²) in [6, 6.07) is 5.82. The van der Waals surface area contributed by atoms with Crippen molar-refractivity contribution >= 4 is 43.0 Å². The van der Waals surface area contributed by atoms with E-state index in [-0.39, 0.29) is 21.2 Å². The molecule has 0 spiro atoms. The van der Waals surface area contributed by atoms with Crippen molar-refractivity contribution in [2.75, 3.05) is 31.0 Å². The molecular formula is C18H22N2O6S3. The third-order valence-electron chi connectivity index (χ3n) is 4.79. The third-order valence-corrected chi connectivity index (χ3v) is 10.1. The number of rotatable bonds is 7. The van der Waals surface area contributed by atoms with Gasteiger partial charge in [0.15, 0.2) is 0 Å². The number of esters is 1. The molecule has 1 aliphatic rings. The molecule has 0 aliphatic carbocycles. The molecule has 0 unspecified atom stereocenters. The Labute approximate surface area is 174 Å². The van der Waals surface area contributed by atoms with E-state index in [2.05, 4.69) is 4.74 Å². The number of fused-ring (bicyclic) bond motifs is 1. The van der Waals surface area contributed by atoms with E-state index in [1.807, 2.05) is 0 Å². The van der Waals surface area contributed by atoms with Crippen LogP contribution in [-0.2, 0) is 31.2 Å². The van der Waals surface area contributed by atoms with Gasteiger partial charge in [0.05, 0.1) is 23.3 Å². The lowest BCUT2D eigenvalue weighted by atomic mass is 10.2. The van der Waals surface area contributed by atoms with Crippen molar-refractivity contribution in [3.05, 3.63) is 40.8 Å². The predicted molar refractivity (Wildman–Crippen MR) is 110 cm³/mol. The second-order valence-electron chi connectivity index (χ2n) is 6.35. The molecule has 0 N–H and O–H groups in total. The Bertz CT molecular complexity index is 1130. The van der Waals surface area contributed by atoms with Gasteiger partial charge in [-0.3, -0.25) is 4.31 Å². The molecule has 1 aliphatic heterocycles. The fourth-order valence-corrected chi connectivity index (χ4v) is 7.53. The summed E-state index contributed by atoms with van der Waals surface area (Å²) in [7, 11) is -6.25. The Hall–Kier alpha value is -1.95. The number of hydrogen-bond donors (Lipinski definition) is 0. The average molecular weight is 459 g/mol. The number of methoxy groups -OCH3 is 1. The quantitative estimate of drug-likeness (QED) is 0.590. The molecule has 11 heteroatoms. The number of nitrogens with zero attached hydrogens (tertiary/aromatic N) is 2. The number of ether oxygens (including phenoxy) is 1. The van der Waals surface area contributed by atoms with Crippen LogP contribution in [0.4, 0.5) is 5.69 Å². The zero-order valence-electron chi connectivity index (χ0n) is 16.3. The minimum absolute atomic E-state index is 0.0330. The van der Waals surface area contributed by atoms with Crippen LogP contribution in [0.15, 0.2) is 38.8 Å². The summed E-state index contributed by atoms with van der Waals surface area (Å²) in [5.41, 5.74) is 1.29. The molecule has 29 heavy (non-hydrogen) atoms. The molecule has 2 aromatic rings. The van der Waals surface area contributed by atoms with Gasteiger partial charge >= 0.3 is 5.97 Å². The third kappa shape index (κ3) is 3.79. The van der Waals surface area contributed by atoms with Gasteiger partial charge in [0.25, 0.3) is 10.0 Å². The summed E-state index contributed by atoms with van der Waals surface area (Å²) in [5, 5.41) is 1.44. The molecule has 2 heterocycles. The number of hydrogen-bond acceptors (Lipinski definition) is 7. The van der Waals surface area contributed by atoms with E-state index in [1.165, 1.54) is 39.3 Å². The first-order valence-electron chi connectivity index (χ1n) is 8.99. The molecule has 3 rings (SSSR count). The van der Waals surface area contributed by atoms with Gasteiger partial charge in [0, 0.05) is 25.0 Å². The van der Waals surface area contributed by atoms with Crippen molar-refractivity contribution in [2.24, 2.45) is 0 Å². The van der Waals surface area contributed by atoms with Gasteiger partial charge in [-0.2, -0.15) is 4.31 Å². The lowest BCUT2D eigenvalue weighted by Crippen LogP contribution is -2.30. The van der Waals surface area contributed by atoms with Crippen LogP contribution in [0.2, 0.25) is 0 Å². The second-order valence-corrected chi connectivity index (χ2v) is 11.3. The molecule has 0 saturated carbocycles. The van der Waals surface area contributed by atoms with E-state index < -0.39 is 26.0 Å². The van der Waals surface area contributed by atoms with Gasteiger partial charge in [0.2, 0.25) is 10.0 Å². The van der Waals surface area contributed by atoms with Crippen molar-refractivity contribution in [2.45, 2.75) is 29.4 Å². The van der Waals surface area contributed by atoms with Crippen molar-refractivity contribution in [3.8, 4) is 0 Å². The Kier molecular flexibility index (Phi) is 6.04. The minimum atomic E-state index is -3.86. The lowest BCUT2D eigenvalue weighted by Gasteiger charge is -2.20. The van der Waals surface area contributed by atoms with E-state index in [4.69, 9.17) is 0 Å². The normalized spacial score (nSPS) is 14.3. The Morgan fingerprint density at radius 2 is 1.86 bits per heavy atom. The zero-order chi connectivity index (χ0) is 21.4. The van der Waals surface area contributed by atoms with Crippen LogP contribution in [0.5, 0.6) is 0 Å². The Morgan fingerprint density at radius 3 is 2.48 bits per heavy atom. The number of carbonyl (C=O) groups excluding carboxylic acids is 1. The van der Waals surface area contributed by atoms with Gasteiger partial charge in [-0.15, -0.1) is 11.3 Å². The highest BCUT2D eigenvalue weighted by molar-refractivity contribution is 7.94. The molecule has 1 aromatic heterocycles. The fraction of sp³-hybridized carbons (Fsp3) is 0.389. The molecule has 0 radical (unpaired) electrons. The first-order valence-corrected chi connectivity index (χ1v) is 12.8. The fourth-order valence-electron chi connectivity index (χ4n) is 3.26. The molecule has 0 saturated heterocycles. The van der Waals surface area contributed by atoms with Crippen LogP contribution in [0.3, 0.4) is 0 Å². The highest BCUT2D eigenvalue weighted by Gasteiger charge is 2.34. The van der Waals surface area contributed by atoms with Gasteiger partial charge in [-0.05, 0) is 36.2 Å². The van der Waals surface area contributed by atoms with Crippen LogP contribution in [-0.4, -0.2) is 53.9 Å². The summed E-state index contributed by atoms with van der Waals surface area (Å²) >= 11 is 0.946. The molecule has 0 atom stereocenters. The first-order chi connectivity index (χ1) is 13.7. The van der Waals surface area contributed by atoms with Crippen molar-refractivity contribution < 1.29 is 26.4 Å². The molecular weight excluding hydrogens is 436 g/mol. The van der Waals surface area contributed by atoms with E-state index in [0.717, 1.165) is 11.3 Å². The Balaban J connectivity index is 1.96. The molecule has 0 bridgehead atoms. The maximum atomic E-state index is 13.1. The van der Waals surface area contributed by atoms with Crippen LogP contribution in [0.25, 0.3) is 0 Å². The number of thiophene rings is 1. The highest BCUT2D eigenvalue weighted by atomic mass is 32.2. The maximum Gasteiger partial charge on any atom is 0.338 e. The summed E-state index contributed by atoms with van der Waals surface area (Å²) in [6.07, 6.45) is 0.408. The van der Waals surface area contributed by atoms with Gasteiger partial charge in [-0.1, -0.05) is 13.8 Å². The van der Waals surface area contributed by atoms with E-state index >= 15 is 0 Å². The van der Waals surface area contributed by atoms with Gasteiger partial charge < -0.3 is 4.74 Å². The standard InChI is InChI=1S/C18H22N2O6S3/c1-4-19(5-2)28(22,23)15-6-7-16-13(10-15)8-9-20(16)29(24,25)17-11-14(12-27-17)18(21)26-3/h6-7,10-12H,4-5,8-9H2,1-3H3. The first kappa shape index (κ1) is 21.8. The Morgan fingerprint density at radius 1 is 1.17 bits per heavy atom. The second kappa shape index (κ2) is 8.05. The molecule has 8 nitrogen and oxygen atoms in total. The number of anilines is 1. The number of benzene rings is 1. The summed E-state index contributed by atoms with van der Waals surface area (Å²) in [4.78, 5) is 11.8. The average Bonchev–Trinajstić information content (AvgIpc) is 3.35. The molecule has 0 amide bonds. The van der Waals surface area contributed by atoms with Crippen LogP contribution in [0, 0.1) is 0 Å². The zero-order valence-corrected chi connectivity index (χ0v) is 18.7. The SMILES string of the molecule is CCN(CC)S(=O)(=O)c1ccc2c(c1)CCN2S(=O)(=O)c1cc(C(=O)OC)cs1. The summed E-state index contributed by atoms with van der Waals surface area (Å²) in [6.45, 7) is 4.46. The monoisotopic (exact) mass is 458 g/mol.